The summed E-state index contributed by atoms with van der Waals surface area (Å²) in [7, 11) is -3.97. The van der Waals surface area contributed by atoms with Crippen LogP contribution in [0.15, 0.2) is 36.4 Å². The number of carbonyl (C=O) groups excluding carboxylic acids is 4. The molecule has 8 rings (SSSR count). The van der Waals surface area contributed by atoms with Crippen molar-refractivity contribution in [2.24, 2.45) is 11.8 Å². The number of rotatable bonds is 3. The van der Waals surface area contributed by atoms with Gasteiger partial charge in [0.25, 0.3) is 5.91 Å². The van der Waals surface area contributed by atoms with Crippen molar-refractivity contribution in [3.8, 4) is 5.88 Å². The number of para-hydroxylation sites is 2. The first kappa shape index (κ1) is 36.7. The number of ether oxygens (including phenoxy) is 2. The molecule has 4 heterocycles. The summed E-state index contributed by atoms with van der Waals surface area (Å²) in [6, 6.07) is 5.54. The van der Waals surface area contributed by atoms with Crippen LogP contribution < -0.4 is 20.1 Å². The predicted octanol–water partition coefficient (Wildman–Crippen LogP) is 3.97. The first-order chi connectivity index (χ1) is 25.9. The molecular weight excluding hydrogens is 713 g/mol. The molecule has 2 aromatic rings. The molecule has 6 aliphatic rings. The van der Waals surface area contributed by atoms with E-state index in [1.165, 1.54) is 4.90 Å². The Kier molecular flexibility index (Phi) is 9.80. The fourth-order valence-electron chi connectivity index (χ4n) is 8.24. The quantitative estimate of drug-likeness (QED) is 0.387. The number of amides is 4. The third kappa shape index (κ3) is 7.52. The first-order valence-electron chi connectivity index (χ1n) is 19.7. The van der Waals surface area contributed by atoms with Gasteiger partial charge >= 0.3 is 6.09 Å². The van der Waals surface area contributed by atoms with E-state index in [2.05, 4.69) is 15.4 Å². The second-order valence-electron chi connectivity index (χ2n) is 16.4. The lowest BCUT2D eigenvalue weighted by Gasteiger charge is -2.30. The number of hydrogen-bond donors (Lipinski definition) is 3. The van der Waals surface area contributed by atoms with E-state index in [9.17, 15) is 27.6 Å². The van der Waals surface area contributed by atoms with Gasteiger partial charge in [-0.25, -0.2) is 23.2 Å². The summed E-state index contributed by atoms with van der Waals surface area (Å²) < 4.78 is 39.9. The number of sulfonamides is 1. The van der Waals surface area contributed by atoms with Crippen molar-refractivity contribution < 1.29 is 37.1 Å². The van der Waals surface area contributed by atoms with Gasteiger partial charge in [0.2, 0.25) is 27.7 Å². The smallest absolute Gasteiger partial charge is 0.408 e. The Hall–Kier alpha value is -4.27. The standard InChI is InChI=1S/C39H50N6O8S/c1-38(18-19-38)54(50,51)44-36(48)39-22-25(39)13-7-3-2-4-8-17-30-35(47)45-23-26(21-31(45)33(46)43-39)52-34-29(40-27-14-10-11-15-28(27)41-34)16-9-5-6-12-24-20-32(24)53-37(49)42-30/h7,10-11,13-15,24-26,30-32H,2-6,8-9,12,16-23H2,1H3,(H,42,49)(H,43,46)(H,44,48)/b13-7-/t24-,25?,26-,30+,31+,32-,39-/m1/s1. The van der Waals surface area contributed by atoms with Crippen LogP contribution in [0.5, 0.6) is 5.88 Å². The van der Waals surface area contributed by atoms with Crippen molar-refractivity contribution in [1.82, 2.24) is 30.2 Å². The van der Waals surface area contributed by atoms with Gasteiger partial charge in [-0.3, -0.25) is 19.1 Å². The molecule has 1 unspecified atom stereocenters. The lowest BCUT2D eigenvalue weighted by molar-refractivity contribution is -0.141. The zero-order valence-electron chi connectivity index (χ0n) is 30.8. The van der Waals surface area contributed by atoms with Crippen molar-refractivity contribution in [2.45, 2.75) is 138 Å². The molecule has 15 heteroatoms. The molecular formula is C39H50N6O8S. The molecule has 3 saturated carbocycles. The SMILES string of the molecule is CC1(S(=O)(=O)NC(=O)[C@@]23CC2/C=C\CCCCC[C@@H]2NC(=O)O[C@@H]4C[C@H]4CCCCCc4nc5ccccc5nc4O[C@@H]4C[C@@H](C(=O)N3)N(C4)C2=O)CC1. The maximum atomic E-state index is 14.6. The first-order valence-corrected chi connectivity index (χ1v) is 21.2. The van der Waals surface area contributed by atoms with E-state index in [-0.39, 0.29) is 31.4 Å². The summed E-state index contributed by atoms with van der Waals surface area (Å²) in [4.78, 5) is 67.3. The van der Waals surface area contributed by atoms with Crippen LogP contribution in [0.1, 0.15) is 103 Å². The molecule has 3 bridgehead atoms. The van der Waals surface area contributed by atoms with Gasteiger partial charge in [-0.05, 0) is 89.2 Å². The zero-order chi connectivity index (χ0) is 37.7. The van der Waals surface area contributed by atoms with Gasteiger partial charge in [0.1, 0.15) is 35.5 Å². The third-order valence-corrected chi connectivity index (χ3v) is 14.4. The predicted molar refractivity (Wildman–Crippen MR) is 197 cm³/mol. The molecule has 4 fully saturated rings. The Morgan fingerprint density at radius 1 is 0.963 bits per heavy atom. The van der Waals surface area contributed by atoms with Crippen LogP contribution in [0.2, 0.25) is 0 Å². The second-order valence-corrected chi connectivity index (χ2v) is 18.6. The summed E-state index contributed by atoms with van der Waals surface area (Å²) >= 11 is 0. The van der Waals surface area contributed by atoms with E-state index >= 15 is 0 Å². The molecule has 1 aromatic carbocycles. The minimum Gasteiger partial charge on any atom is -0.471 e. The van der Waals surface area contributed by atoms with Crippen molar-refractivity contribution >= 4 is 44.9 Å². The fraction of sp³-hybridized carbons (Fsp3) is 0.641. The lowest BCUT2D eigenvalue weighted by atomic mass is 10.0. The number of benzene rings is 1. The molecule has 3 N–H and O–H groups in total. The average molecular weight is 763 g/mol. The second kappa shape index (κ2) is 14.4. The number of aromatic nitrogens is 2. The Balaban J connectivity index is 1.12. The van der Waals surface area contributed by atoms with Gasteiger partial charge in [-0.15, -0.1) is 0 Å². The lowest BCUT2D eigenvalue weighted by Crippen LogP contribution is -2.58. The van der Waals surface area contributed by atoms with Gasteiger partial charge in [0.05, 0.1) is 22.3 Å². The Morgan fingerprint density at radius 3 is 2.52 bits per heavy atom. The molecule has 0 spiro atoms. The maximum absolute atomic E-state index is 14.6. The van der Waals surface area contributed by atoms with Crippen molar-refractivity contribution in [1.29, 1.82) is 0 Å². The van der Waals surface area contributed by atoms with Crippen LogP contribution in [-0.4, -0.2) is 88.2 Å². The number of aryl methyl sites for hydroxylation is 1. The van der Waals surface area contributed by atoms with E-state index < -0.39 is 68.2 Å². The van der Waals surface area contributed by atoms with Crippen LogP contribution in [0.4, 0.5) is 4.79 Å². The van der Waals surface area contributed by atoms with Gasteiger partial charge in [-0.1, -0.05) is 50.0 Å². The summed E-state index contributed by atoms with van der Waals surface area (Å²) in [5.74, 6) is -1.59. The molecule has 290 valence electrons. The summed E-state index contributed by atoms with van der Waals surface area (Å²) in [5.41, 5.74) is 0.632. The largest absolute Gasteiger partial charge is 0.471 e. The normalized spacial score (nSPS) is 33.4. The molecule has 14 nitrogen and oxygen atoms in total. The van der Waals surface area contributed by atoms with Crippen LogP contribution in [0.25, 0.3) is 11.0 Å². The van der Waals surface area contributed by atoms with E-state index in [1.807, 2.05) is 36.4 Å². The summed E-state index contributed by atoms with van der Waals surface area (Å²) in [6.45, 7) is 1.63. The van der Waals surface area contributed by atoms with Gasteiger partial charge in [0.15, 0.2) is 0 Å². The number of hydrogen-bond acceptors (Lipinski definition) is 10. The molecule has 7 atom stereocenters. The molecule has 54 heavy (non-hydrogen) atoms. The number of nitrogens with one attached hydrogen (secondary N) is 3. The van der Waals surface area contributed by atoms with Gasteiger partial charge in [-0.2, -0.15) is 0 Å². The maximum Gasteiger partial charge on any atom is 0.408 e. The van der Waals surface area contributed by atoms with Crippen LogP contribution in [0, 0.1) is 11.8 Å². The number of carbonyl (C=O) groups is 4. The molecule has 0 radical (unpaired) electrons. The van der Waals surface area contributed by atoms with E-state index in [0.29, 0.717) is 55.6 Å². The topological polar surface area (TPSA) is 186 Å². The highest BCUT2D eigenvalue weighted by atomic mass is 32.2. The molecule has 1 aromatic heterocycles. The summed E-state index contributed by atoms with van der Waals surface area (Å²) in [5, 5.41) is 5.75. The molecule has 3 aliphatic carbocycles. The highest BCUT2D eigenvalue weighted by Crippen LogP contribution is 2.47. The highest BCUT2D eigenvalue weighted by molar-refractivity contribution is 7.91. The molecule has 3 aliphatic heterocycles. The van der Waals surface area contributed by atoms with E-state index in [4.69, 9.17) is 19.4 Å². The Bertz CT molecular complexity index is 1970. The van der Waals surface area contributed by atoms with E-state index in [1.54, 1.807) is 6.92 Å². The van der Waals surface area contributed by atoms with Crippen molar-refractivity contribution in [3.05, 3.63) is 42.1 Å². The number of allylic oxidation sites excluding steroid dienone is 1. The number of fused-ring (bicyclic) bond motifs is 6. The highest BCUT2D eigenvalue weighted by Gasteiger charge is 2.63. The Morgan fingerprint density at radius 2 is 1.72 bits per heavy atom. The van der Waals surface area contributed by atoms with Crippen LogP contribution >= 0.6 is 0 Å². The Labute approximate surface area is 315 Å². The van der Waals surface area contributed by atoms with Crippen LogP contribution in [0.3, 0.4) is 0 Å². The van der Waals surface area contributed by atoms with Gasteiger partial charge in [0, 0.05) is 12.3 Å². The minimum absolute atomic E-state index is 0.0258. The van der Waals surface area contributed by atoms with E-state index in [0.717, 1.165) is 50.5 Å². The average Bonchev–Trinajstić information content (AvgIpc) is 4.10. The third-order valence-electron chi connectivity index (χ3n) is 12.3. The van der Waals surface area contributed by atoms with Crippen LogP contribution in [-0.2, 0) is 35.6 Å². The van der Waals surface area contributed by atoms with Crippen molar-refractivity contribution in [2.75, 3.05) is 6.54 Å². The van der Waals surface area contributed by atoms with Gasteiger partial charge < -0.3 is 25.0 Å². The minimum atomic E-state index is -3.97. The molecule has 4 amide bonds. The summed E-state index contributed by atoms with van der Waals surface area (Å²) in [6.07, 6.45) is 12.1. The monoisotopic (exact) mass is 762 g/mol. The number of alkyl carbamates (subject to hydrolysis) is 1. The molecule has 1 saturated heterocycles. The number of nitrogens with zero attached hydrogens (tertiary/aromatic N) is 3. The van der Waals surface area contributed by atoms with Crippen molar-refractivity contribution in [3.63, 3.8) is 0 Å². The fourth-order valence-corrected chi connectivity index (χ4v) is 9.55. The zero-order valence-corrected chi connectivity index (χ0v) is 31.6.